The summed E-state index contributed by atoms with van der Waals surface area (Å²) in [5.74, 6) is 1.26. The van der Waals surface area contributed by atoms with Crippen molar-refractivity contribution < 1.29 is 9.59 Å². The average molecular weight is 343 g/mol. The lowest BCUT2D eigenvalue weighted by atomic mass is 9.65. The molecule has 136 valence electrons. The van der Waals surface area contributed by atoms with Gasteiger partial charge in [0.1, 0.15) is 0 Å². The number of likely N-dealkylation sites (N-methyl/N-ethyl adjacent to an activating group) is 1. The first-order valence-corrected chi connectivity index (χ1v) is 9.29. The fourth-order valence-electron chi connectivity index (χ4n) is 4.29. The zero-order valence-electron chi connectivity index (χ0n) is 15.2. The number of rotatable bonds is 4. The number of carbonyl (C=O) groups is 2. The van der Waals surface area contributed by atoms with Crippen molar-refractivity contribution in [2.75, 3.05) is 19.4 Å². The highest BCUT2D eigenvalue weighted by Gasteiger charge is 2.40. The van der Waals surface area contributed by atoms with Gasteiger partial charge in [0.25, 0.3) is 0 Å². The molecule has 2 fully saturated rings. The van der Waals surface area contributed by atoms with Gasteiger partial charge in [-0.3, -0.25) is 9.59 Å². The molecule has 2 unspecified atom stereocenters. The maximum atomic E-state index is 12.6. The zero-order chi connectivity index (χ0) is 18.0. The lowest BCUT2D eigenvalue weighted by molar-refractivity contribution is -0.128. The van der Waals surface area contributed by atoms with Crippen molar-refractivity contribution in [3.05, 3.63) is 29.8 Å². The van der Waals surface area contributed by atoms with Crippen molar-refractivity contribution in [1.29, 1.82) is 0 Å². The molecule has 0 radical (unpaired) electrons. The van der Waals surface area contributed by atoms with Crippen LogP contribution >= 0.6 is 0 Å². The summed E-state index contributed by atoms with van der Waals surface area (Å²) in [5, 5.41) is 3.04. The van der Waals surface area contributed by atoms with Crippen LogP contribution in [0.5, 0.6) is 0 Å². The van der Waals surface area contributed by atoms with Gasteiger partial charge >= 0.3 is 0 Å². The van der Waals surface area contributed by atoms with Crippen LogP contribution < -0.4 is 11.1 Å². The fourth-order valence-corrected chi connectivity index (χ4v) is 4.29. The van der Waals surface area contributed by atoms with Crippen molar-refractivity contribution in [1.82, 2.24) is 4.90 Å². The third-order valence-corrected chi connectivity index (χ3v) is 5.86. The number of nitrogens with one attached hydrogen (secondary N) is 1. The highest BCUT2D eigenvalue weighted by molar-refractivity contribution is 5.92. The van der Waals surface area contributed by atoms with E-state index < -0.39 is 0 Å². The molecule has 2 aliphatic rings. The summed E-state index contributed by atoms with van der Waals surface area (Å²) < 4.78 is 0. The van der Waals surface area contributed by atoms with E-state index in [1.54, 1.807) is 19.0 Å². The SMILES string of the molecule is CN(C)C(=O)Cc1ccc(NC(=O)C2CC3CCCC(C2)C3N)cc1. The summed E-state index contributed by atoms with van der Waals surface area (Å²) in [6, 6.07) is 7.86. The van der Waals surface area contributed by atoms with E-state index in [4.69, 9.17) is 5.73 Å². The van der Waals surface area contributed by atoms with Gasteiger partial charge in [0.15, 0.2) is 0 Å². The largest absolute Gasteiger partial charge is 0.349 e. The van der Waals surface area contributed by atoms with E-state index in [1.165, 1.54) is 6.42 Å². The van der Waals surface area contributed by atoms with Crippen molar-refractivity contribution in [2.45, 2.75) is 44.6 Å². The molecule has 0 saturated heterocycles. The fraction of sp³-hybridized carbons (Fsp3) is 0.600. The molecule has 5 nitrogen and oxygen atoms in total. The van der Waals surface area contributed by atoms with Crippen molar-refractivity contribution in [3.63, 3.8) is 0 Å². The van der Waals surface area contributed by atoms with Crippen LogP contribution in [0.4, 0.5) is 5.69 Å². The summed E-state index contributed by atoms with van der Waals surface area (Å²) in [5.41, 5.74) is 8.06. The first-order chi connectivity index (χ1) is 11.9. The molecule has 5 heteroatoms. The lowest BCUT2D eigenvalue weighted by Crippen LogP contribution is -2.48. The number of benzene rings is 1. The lowest BCUT2D eigenvalue weighted by Gasteiger charge is -2.43. The van der Waals surface area contributed by atoms with Gasteiger partial charge in [0.05, 0.1) is 6.42 Å². The van der Waals surface area contributed by atoms with Gasteiger partial charge in [-0.1, -0.05) is 18.6 Å². The molecule has 2 atom stereocenters. The quantitative estimate of drug-likeness (QED) is 0.881. The Kier molecular flexibility index (Phi) is 5.42. The third kappa shape index (κ3) is 4.21. The normalized spacial score (nSPS) is 28.3. The maximum Gasteiger partial charge on any atom is 0.227 e. The standard InChI is InChI=1S/C20H29N3O2/c1-23(2)18(24)10-13-6-8-17(9-7-13)22-20(25)16-11-14-4-3-5-15(12-16)19(14)21/h6-9,14-16,19H,3-5,10-12,21H2,1-2H3,(H,22,25). The number of nitrogens with two attached hydrogens (primary N) is 1. The number of amides is 2. The van der Waals surface area contributed by atoms with Gasteiger partial charge in [-0.05, 0) is 55.2 Å². The Balaban J connectivity index is 1.57. The smallest absolute Gasteiger partial charge is 0.227 e. The van der Waals surface area contributed by atoms with Gasteiger partial charge in [0.2, 0.25) is 11.8 Å². The van der Waals surface area contributed by atoms with E-state index in [2.05, 4.69) is 5.32 Å². The average Bonchev–Trinajstić information content (AvgIpc) is 2.56. The Morgan fingerprint density at radius 1 is 1.12 bits per heavy atom. The highest BCUT2D eigenvalue weighted by atomic mass is 16.2. The molecule has 0 heterocycles. The molecular weight excluding hydrogens is 314 g/mol. The molecule has 2 amide bonds. The van der Waals surface area contributed by atoms with Crippen LogP contribution in [0, 0.1) is 17.8 Å². The monoisotopic (exact) mass is 343 g/mol. The summed E-state index contributed by atoms with van der Waals surface area (Å²) in [6.45, 7) is 0. The minimum atomic E-state index is 0.0712. The van der Waals surface area contributed by atoms with E-state index in [-0.39, 0.29) is 23.8 Å². The molecule has 2 aliphatic carbocycles. The molecule has 3 rings (SSSR count). The molecule has 2 bridgehead atoms. The highest BCUT2D eigenvalue weighted by Crippen LogP contribution is 2.42. The zero-order valence-corrected chi connectivity index (χ0v) is 15.2. The van der Waals surface area contributed by atoms with Crippen molar-refractivity contribution >= 4 is 17.5 Å². The molecule has 3 N–H and O–H groups in total. The second-order valence-corrected chi connectivity index (χ2v) is 7.85. The van der Waals surface area contributed by atoms with Gasteiger partial charge in [-0.15, -0.1) is 0 Å². The Bertz CT molecular complexity index is 612. The van der Waals surface area contributed by atoms with Crippen LogP contribution in [0.1, 0.15) is 37.7 Å². The van der Waals surface area contributed by atoms with Gasteiger partial charge in [0, 0.05) is 31.7 Å². The number of fused-ring (bicyclic) bond motifs is 2. The van der Waals surface area contributed by atoms with E-state index >= 15 is 0 Å². The Hall–Kier alpha value is -1.88. The number of carbonyl (C=O) groups excluding carboxylic acids is 2. The number of hydrogen-bond acceptors (Lipinski definition) is 3. The second-order valence-electron chi connectivity index (χ2n) is 7.85. The Morgan fingerprint density at radius 3 is 2.28 bits per heavy atom. The summed E-state index contributed by atoms with van der Waals surface area (Å²) in [4.78, 5) is 26.0. The van der Waals surface area contributed by atoms with Crippen LogP contribution in [0.3, 0.4) is 0 Å². The van der Waals surface area contributed by atoms with E-state index in [0.717, 1.165) is 36.9 Å². The molecule has 0 spiro atoms. The van der Waals surface area contributed by atoms with Crippen LogP contribution in [-0.2, 0) is 16.0 Å². The van der Waals surface area contributed by atoms with Crippen LogP contribution in [0.25, 0.3) is 0 Å². The predicted octanol–water partition coefficient (Wildman–Crippen LogP) is 2.41. The maximum absolute atomic E-state index is 12.6. The van der Waals surface area contributed by atoms with Crippen LogP contribution in [-0.4, -0.2) is 36.9 Å². The van der Waals surface area contributed by atoms with Crippen molar-refractivity contribution in [3.8, 4) is 0 Å². The summed E-state index contributed by atoms with van der Waals surface area (Å²) in [6.07, 6.45) is 5.79. The predicted molar refractivity (Wildman–Crippen MR) is 99.0 cm³/mol. The van der Waals surface area contributed by atoms with E-state index in [0.29, 0.717) is 18.3 Å². The molecule has 1 aromatic carbocycles. The molecule has 1 aromatic rings. The molecular formula is C20H29N3O2. The summed E-state index contributed by atoms with van der Waals surface area (Å²) >= 11 is 0. The Morgan fingerprint density at radius 2 is 1.72 bits per heavy atom. The topological polar surface area (TPSA) is 75.4 Å². The summed E-state index contributed by atoms with van der Waals surface area (Å²) in [7, 11) is 3.50. The van der Waals surface area contributed by atoms with Gasteiger partial charge in [-0.25, -0.2) is 0 Å². The van der Waals surface area contributed by atoms with Crippen LogP contribution in [0.2, 0.25) is 0 Å². The minimum absolute atomic E-state index is 0.0712. The number of hydrogen-bond donors (Lipinski definition) is 2. The Labute approximate surface area is 150 Å². The molecule has 0 aliphatic heterocycles. The first-order valence-electron chi connectivity index (χ1n) is 9.29. The minimum Gasteiger partial charge on any atom is -0.349 e. The van der Waals surface area contributed by atoms with Gasteiger partial charge < -0.3 is 16.0 Å². The molecule has 0 aromatic heterocycles. The molecule has 25 heavy (non-hydrogen) atoms. The number of anilines is 1. The van der Waals surface area contributed by atoms with E-state index in [9.17, 15) is 9.59 Å². The van der Waals surface area contributed by atoms with Crippen molar-refractivity contribution in [2.24, 2.45) is 23.5 Å². The van der Waals surface area contributed by atoms with Gasteiger partial charge in [-0.2, -0.15) is 0 Å². The third-order valence-electron chi connectivity index (χ3n) is 5.86. The van der Waals surface area contributed by atoms with Crippen LogP contribution in [0.15, 0.2) is 24.3 Å². The second kappa shape index (κ2) is 7.56. The van der Waals surface area contributed by atoms with E-state index in [1.807, 2.05) is 24.3 Å². The number of nitrogens with zero attached hydrogens (tertiary/aromatic N) is 1. The first kappa shape index (κ1) is 17.9. The molecule has 2 saturated carbocycles.